The van der Waals surface area contributed by atoms with Gasteiger partial charge in [0.05, 0.1) is 6.04 Å². The molecule has 0 bridgehead atoms. The van der Waals surface area contributed by atoms with E-state index in [4.69, 9.17) is 0 Å². The van der Waals surface area contributed by atoms with Gasteiger partial charge in [0.2, 0.25) is 5.91 Å². The summed E-state index contributed by atoms with van der Waals surface area (Å²) >= 11 is 1.74. The number of likely N-dealkylation sites (tertiary alicyclic amines) is 1. The van der Waals surface area contributed by atoms with Gasteiger partial charge in [-0.3, -0.25) is 14.8 Å². The van der Waals surface area contributed by atoms with E-state index in [1.165, 1.54) is 10.6 Å². The molecule has 0 spiro atoms. The van der Waals surface area contributed by atoms with Crippen LogP contribution in [0, 0.1) is 0 Å². The lowest BCUT2D eigenvalue weighted by molar-refractivity contribution is -0.126. The van der Waals surface area contributed by atoms with Crippen LogP contribution in [0.5, 0.6) is 0 Å². The molecule has 124 valence electrons. The first-order chi connectivity index (χ1) is 11.2. The summed E-state index contributed by atoms with van der Waals surface area (Å²) in [4.78, 5) is 16.0. The lowest BCUT2D eigenvalue weighted by Crippen LogP contribution is -2.49. The van der Waals surface area contributed by atoms with Crippen molar-refractivity contribution in [3.05, 3.63) is 40.3 Å². The van der Waals surface area contributed by atoms with Crippen LogP contribution in [0.2, 0.25) is 0 Å². The largest absolute Gasteiger partial charge is 0.354 e. The van der Waals surface area contributed by atoms with Crippen molar-refractivity contribution in [2.45, 2.75) is 38.1 Å². The van der Waals surface area contributed by atoms with Gasteiger partial charge in [-0.2, -0.15) is 5.10 Å². The van der Waals surface area contributed by atoms with Gasteiger partial charge >= 0.3 is 0 Å². The molecule has 5 nitrogen and oxygen atoms in total. The monoisotopic (exact) mass is 332 g/mol. The molecule has 2 aromatic heterocycles. The van der Waals surface area contributed by atoms with Gasteiger partial charge in [0.15, 0.2) is 0 Å². The second-order valence-corrected chi connectivity index (χ2v) is 7.17. The third-order valence-electron chi connectivity index (χ3n) is 4.59. The Labute approximate surface area is 141 Å². The number of carbonyl (C=O) groups excluding carboxylic acids is 1. The zero-order valence-electron chi connectivity index (χ0n) is 13.5. The maximum Gasteiger partial charge on any atom is 0.237 e. The number of aromatic nitrogens is 2. The van der Waals surface area contributed by atoms with Gasteiger partial charge in [0, 0.05) is 35.8 Å². The summed E-state index contributed by atoms with van der Waals surface area (Å²) in [5.74, 6) is 0.583. The number of piperidine rings is 1. The first kappa shape index (κ1) is 16.2. The minimum absolute atomic E-state index is 0.0796. The average molecular weight is 332 g/mol. The third kappa shape index (κ3) is 4.20. The van der Waals surface area contributed by atoms with Crippen LogP contribution in [-0.2, 0) is 11.2 Å². The van der Waals surface area contributed by atoms with Crippen LogP contribution in [0.4, 0.5) is 0 Å². The molecule has 3 rings (SSSR count). The van der Waals surface area contributed by atoms with Crippen molar-refractivity contribution in [1.82, 2.24) is 20.4 Å². The molecule has 1 amide bonds. The fourth-order valence-corrected chi connectivity index (χ4v) is 3.89. The number of hydrogen-bond donors (Lipinski definition) is 2. The number of amides is 1. The van der Waals surface area contributed by atoms with Crippen LogP contribution < -0.4 is 5.32 Å². The molecule has 0 aromatic carbocycles. The van der Waals surface area contributed by atoms with Crippen LogP contribution in [-0.4, -0.2) is 46.7 Å². The van der Waals surface area contributed by atoms with Crippen molar-refractivity contribution in [2.24, 2.45) is 0 Å². The van der Waals surface area contributed by atoms with E-state index in [1.54, 1.807) is 17.5 Å². The van der Waals surface area contributed by atoms with Crippen LogP contribution in [0.25, 0.3) is 0 Å². The highest BCUT2D eigenvalue weighted by Gasteiger charge is 2.28. The van der Waals surface area contributed by atoms with Gasteiger partial charge in [0.25, 0.3) is 0 Å². The Bertz CT molecular complexity index is 596. The van der Waals surface area contributed by atoms with Gasteiger partial charge in [0.1, 0.15) is 0 Å². The van der Waals surface area contributed by atoms with E-state index in [0.717, 1.165) is 32.4 Å². The highest BCUT2D eigenvalue weighted by molar-refractivity contribution is 7.09. The Morgan fingerprint density at radius 1 is 1.57 bits per heavy atom. The smallest absolute Gasteiger partial charge is 0.237 e. The summed E-state index contributed by atoms with van der Waals surface area (Å²) in [5.41, 5.74) is 1.18. The Morgan fingerprint density at radius 3 is 3.22 bits per heavy atom. The van der Waals surface area contributed by atoms with E-state index in [1.807, 2.05) is 19.1 Å². The molecule has 2 aromatic rings. The highest BCUT2D eigenvalue weighted by Crippen LogP contribution is 2.26. The number of hydrogen-bond acceptors (Lipinski definition) is 4. The summed E-state index contributed by atoms with van der Waals surface area (Å²) < 4.78 is 0. The van der Waals surface area contributed by atoms with Gasteiger partial charge in [-0.15, -0.1) is 11.3 Å². The van der Waals surface area contributed by atoms with Crippen LogP contribution in [0.1, 0.15) is 36.3 Å². The Balaban J connectivity index is 1.48. The molecule has 1 aliphatic heterocycles. The summed E-state index contributed by atoms with van der Waals surface area (Å²) in [6.45, 7) is 4.63. The van der Waals surface area contributed by atoms with Crippen molar-refractivity contribution in [3.8, 4) is 0 Å². The average Bonchev–Trinajstić information content (AvgIpc) is 3.28. The molecule has 0 radical (unpaired) electrons. The predicted molar refractivity (Wildman–Crippen MR) is 92.6 cm³/mol. The van der Waals surface area contributed by atoms with Gasteiger partial charge in [-0.1, -0.05) is 6.07 Å². The van der Waals surface area contributed by atoms with E-state index < -0.39 is 0 Å². The molecule has 2 atom stereocenters. The predicted octanol–water partition coefficient (Wildman–Crippen LogP) is 2.40. The Morgan fingerprint density at radius 2 is 2.48 bits per heavy atom. The molecule has 0 aliphatic carbocycles. The molecule has 23 heavy (non-hydrogen) atoms. The molecule has 1 aliphatic rings. The zero-order chi connectivity index (χ0) is 16.1. The zero-order valence-corrected chi connectivity index (χ0v) is 14.3. The first-order valence-electron chi connectivity index (χ1n) is 8.27. The molecule has 0 unspecified atom stereocenters. The molecule has 1 fully saturated rings. The fraction of sp³-hybridized carbons (Fsp3) is 0.529. The van der Waals surface area contributed by atoms with Gasteiger partial charge < -0.3 is 5.32 Å². The highest BCUT2D eigenvalue weighted by atomic mass is 32.1. The number of H-pyrrole nitrogens is 1. The van der Waals surface area contributed by atoms with Crippen LogP contribution in [0.15, 0.2) is 29.8 Å². The van der Waals surface area contributed by atoms with Crippen molar-refractivity contribution in [2.75, 3.05) is 19.6 Å². The third-order valence-corrected chi connectivity index (χ3v) is 5.53. The van der Waals surface area contributed by atoms with Crippen molar-refractivity contribution in [3.63, 3.8) is 0 Å². The molecular formula is C17H24N4OS. The number of aromatic amines is 1. The molecular weight excluding hydrogens is 308 g/mol. The van der Waals surface area contributed by atoms with Gasteiger partial charge in [-0.25, -0.2) is 0 Å². The molecule has 0 saturated carbocycles. The summed E-state index contributed by atoms with van der Waals surface area (Å²) in [6.07, 6.45) is 4.99. The van der Waals surface area contributed by atoms with Crippen molar-refractivity contribution in [1.29, 1.82) is 0 Å². The maximum atomic E-state index is 12.4. The topological polar surface area (TPSA) is 61.0 Å². The molecule has 1 saturated heterocycles. The van der Waals surface area contributed by atoms with Crippen LogP contribution >= 0.6 is 11.3 Å². The van der Waals surface area contributed by atoms with E-state index in [0.29, 0.717) is 12.5 Å². The number of rotatable bonds is 6. The normalized spacial score (nSPS) is 20.3. The first-order valence-corrected chi connectivity index (χ1v) is 9.15. The van der Waals surface area contributed by atoms with Crippen molar-refractivity contribution < 1.29 is 4.79 Å². The Hall–Kier alpha value is -1.66. The molecule has 6 heteroatoms. The van der Waals surface area contributed by atoms with Crippen LogP contribution in [0.3, 0.4) is 0 Å². The standard InChI is InChI=1S/C17H24N4OS/c1-13(17(22)18-8-6-15-5-3-11-23-15)21-10-2-4-14(12-21)16-7-9-19-20-16/h3,5,7,9,11,13-14H,2,4,6,8,10,12H2,1H3,(H,18,22)(H,19,20)/t13-,14-/m1/s1. The van der Waals surface area contributed by atoms with E-state index in [-0.39, 0.29) is 11.9 Å². The lowest BCUT2D eigenvalue weighted by Gasteiger charge is -2.35. The minimum atomic E-state index is -0.0796. The number of nitrogens with one attached hydrogen (secondary N) is 2. The lowest BCUT2D eigenvalue weighted by atomic mass is 9.94. The van der Waals surface area contributed by atoms with Gasteiger partial charge in [-0.05, 0) is 50.2 Å². The van der Waals surface area contributed by atoms with Crippen molar-refractivity contribution >= 4 is 17.2 Å². The van der Waals surface area contributed by atoms with E-state index in [2.05, 4.69) is 31.9 Å². The fourth-order valence-electron chi connectivity index (χ4n) is 3.18. The Kier molecular flexibility index (Phi) is 5.46. The molecule has 2 N–H and O–H groups in total. The van der Waals surface area contributed by atoms with E-state index >= 15 is 0 Å². The SMILES string of the molecule is C[C@H](C(=O)NCCc1cccs1)N1CCC[C@@H](c2ccn[nH]2)C1. The minimum Gasteiger partial charge on any atom is -0.354 e. The second-order valence-electron chi connectivity index (χ2n) is 6.14. The summed E-state index contributed by atoms with van der Waals surface area (Å²) in [7, 11) is 0. The second kappa shape index (κ2) is 7.75. The number of nitrogens with zero attached hydrogens (tertiary/aromatic N) is 2. The quantitative estimate of drug-likeness (QED) is 0.854. The summed E-state index contributed by atoms with van der Waals surface area (Å²) in [6, 6.07) is 6.12. The number of thiophene rings is 1. The molecule has 3 heterocycles. The number of carbonyl (C=O) groups is 1. The van der Waals surface area contributed by atoms with E-state index in [9.17, 15) is 4.79 Å². The maximum absolute atomic E-state index is 12.4. The summed E-state index contributed by atoms with van der Waals surface area (Å²) in [5, 5.41) is 12.3.